The Balaban J connectivity index is 2.82. The van der Waals surface area contributed by atoms with E-state index in [1.54, 1.807) is 0 Å². The Bertz CT molecular complexity index is 269. The van der Waals surface area contributed by atoms with Crippen LogP contribution < -0.4 is 0 Å². The lowest BCUT2D eigenvalue weighted by molar-refractivity contribution is 0.635. The fraction of sp³-hybridized carbons (Fsp3) is 0.500. The quantitative estimate of drug-likeness (QED) is 0.756. The SMILES string of the molecule is Cc1cc(CC(C)C)ncc1Br. The predicted octanol–water partition coefficient (Wildman–Crippen LogP) is 3.35. The van der Waals surface area contributed by atoms with E-state index in [-0.39, 0.29) is 0 Å². The average Bonchev–Trinajstić information content (AvgIpc) is 1.96. The highest BCUT2D eigenvalue weighted by atomic mass is 79.9. The molecular weight excluding hydrogens is 214 g/mol. The van der Waals surface area contributed by atoms with Gasteiger partial charge in [-0.3, -0.25) is 4.98 Å². The van der Waals surface area contributed by atoms with Crippen molar-refractivity contribution in [2.45, 2.75) is 27.2 Å². The first-order chi connectivity index (χ1) is 5.59. The molecular formula is C10H14BrN. The molecule has 0 radical (unpaired) electrons. The summed E-state index contributed by atoms with van der Waals surface area (Å²) in [7, 11) is 0. The highest BCUT2D eigenvalue weighted by Gasteiger charge is 2.01. The zero-order chi connectivity index (χ0) is 9.14. The van der Waals surface area contributed by atoms with Gasteiger partial charge in [0, 0.05) is 16.4 Å². The van der Waals surface area contributed by atoms with Crippen molar-refractivity contribution in [2.24, 2.45) is 5.92 Å². The van der Waals surface area contributed by atoms with Gasteiger partial charge < -0.3 is 0 Å². The molecule has 0 fully saturated rings. The van der Waals surface area contributed by atoms with Crippen LogP contribution in [-0.2, 0) is 6.42 Å². The van der Waals surface area contributed by atoms with Crippen molar-refractivity contribution >= 4 is 15.9 Å². The van der Waals surface area contributed by atoms with Gasteiger partial charge in [0.1, 0.15) is 0 Å². The zero-order valence-corrected chi connectivity index (χ0v) is 9.35. The number of rotatable bonds is 2. The minimum atomic E-state index is 0.679. The van der Waals surface area contributed by atoms with Crippen LogP contribution in [0.2, 0.25) is 0 Å². The first-order valence-electron chi connectivity index (χ1n) is 4.20. The van der Waals surface area contributed by atoms with Gasteiger partial charge in [0.05, 0.1) is 0 Å². The summed E-state index contributed by atoms with van der Waals surface area (Å²) in [4.78, 5) is 4.33. The first-order valence-corrected chi connectivity index (χ1v) is 5.00. The first kappa shape index (κ1) is 9.72. The van der Waals surface area contributed by atoms with Crippen LogP contribution in [0.4, 0.5) is 0 Å². The molecule has 0 aliphatic heterocycles. The molecule has 12 heavy (non-hydrogen) atoms. The van der Waals surface area contributed by atoms with Crippen LogP contribution in [-0.4, -0.2) is 4.98 Å². The summed E-state index contributed by atoms with van der Waals surface area (Å²) in [6.07, 6.45) is 2.95. The van der Waals surface area contributed by atoms with Gasteiger partial charge in [0.15, 0.2) is 0 Å². The number of aryl methyl sites for hydroxylation is 1. The molecule has 66 valence electrons. The van der Waals surface area contributed by atoms with Crippen LogP contribution in [0.15, 0.2) is 16.7 Å². The van der Waals surface area contributed by atoms with Gasteiger partial charge in [-0.15, -0.1) is 0 Å². The molecule has 0 aliphatic carbocycles. The Morgan fingerprint density at radius 1 is 1.50 bits per heavy atom. The Morgan fingerprint density at radius 3 is 2.67 bits per heavy atom. The maximum atomic E-state index is 4.33. The second kappa shape index (κ2) is 4.04. The van der Waals surface area contributed by atoms with Crippen molar-refractivity contribution in [1.82, 2.24) is 4.98 Å². The van der Waals surface area contributed by atoms with Crippen molar-refractivity contribution in [1.29, 1.82) is 0 Å². The van der Waals surface area contributed by atoms with E-state index in [4.69, 9.17) is 0 Å². The van der Waals surface area contributed by atoms with E-state index in [0.717, 1.165) is 10.9 Å². The van der Waals surface area contributed by atoms with E-state index in [9.17, 15) is 0 Å². The molecule has 1 heterocycles. The summed E-state index contributed by atoms with van der Waals surface area (Å²) in [5, 5.41) is 0. The lowest BCUT2D eigenvalue weighted by Gasteiger charge is -2.05. The molecule has 0 spiro atoms. The number of hydrogen-bond acceptors (Lipinski definition) is 1. The Labute approximate surface area is 82.3 Å². The molecule has 1 aromatic rings. The fourth-order valence-corrected chi connectivity index (χ4v) is 1.34. The van der Waals surface area contributed by atoms with E-state index in [0.29, 0.717) is 5.92 Å². The Hall–Kier alpha value is -0.370. The molecule has 0 N–H and O–H groups in total. The van der Waals surface area contributed by atoms with Gasteiger partial charge in [-0.25, -0.2) is 0 Å². The Morgan fingerprint density at radius 2 is 2.17 bits per heavy atom. The maximum absolute atomic E-state index is 4.33. The largest absolute Gasteiger partial charge is 0.260 e. The molecule has 0 aliphatic rings. The van der Waals surface area contributed by atoms with Crippen LogP contribution in [0.3, 0.4) is 0 Å². The average molecular weight is 228 g/mol. The monoisotopic (exact) mass is 227 g/mol. The van der Waals surface area contributed by atoms with Gasteiger partial charge in [0.25, 0.3) is 0 Å². The second-order valence-corrected chi connectivity index (χ2v) is 4.38. The lowest BCUT2D eigenvalue weighted by Crippen LogP contribution is -1.97. The standard InChI is InChI=1S/C10H14BrN/c1-7(2)4-9-5-8(3)10(11)6-12-9/h5-7H,4H2,1-3H3. The van der Waals surface area contributed by atoms with Crippen molar-refractivity contribution in [3.63, 3.8) is 0 Å². The molecule has 0 amide bonds. The van der Waals surface area contributed by atoms with Gasteiger partial charge in [-0.1, -0.05) is 13.8 Å². The van der Waals surface area contributed by atoms with Gasteiger partial charge in [-0.2, -0.15) is 0 Å². The van der Waals surface area contributed by atoms with E-state index >= 15 is 0 Å². The molecule has 0 bridgehead atoms. The van der Waals surface area contributed by atoms with E-state index < -0.39 is 0 Å². The summed E-state index contributed by atoms with van der Waals surface area (Å²) >= 11 is 3.43. The molecule has 0 atom stereocenters. The highest BCUT2D eigenvalue weighted by Crippen LogP contribution is 2.16. The van der Waals surface area contributed by atoms with Crippen molar-refractivity contribution < 1.29 is 0 Å². The summed E-state index contributed by atoms with van der Waals surface area (Å²) in [5.41, 5.74) is 2.45. The molecule has 1 nitrogen and oxygen atoms in total. The molecule has 0 saturated carbocycles. The van der Waals surface area contributed by atoms with Crippen LogP contribution in [0.5, 0.6) is 0 Å². The number of halogens is 1. The molecule has 0 aromatic carbocycles. The van der Waals surface area contributed by atoms with Gasteiger partial charge in [0.2, 0.25) is 0 Å². The summed E-state index contributed by atoms with van der Waals surface area (Å²) < 4.78 is 1.09. The van der Waals surface area contributed by atoms with Gasteiger partial charge >= 0.3 is 0 Å². The van der Waals surface area contributed by atoms with E-state index in [1.807, 2.05) is 6.20 Å². The number of nitrogens with zero attached hydrogens (tertiary/aromatic N) is 1. The number of aromatic nitrogens is 1. The predicted molar refractivity (Wildman–Crippen MR) is 55.2 cm³/mol. The number of hydrogen-bond donors (Lipinski definition) is 0. The summed E-state index contributed by atoms with van der Waals surface area (Å²) in [5.74, 6) is 0.679. The fourth-order valence-electron chi connectivity index (χ4n) is 1.13. The molecule has 2 heteroatoms. The minimum absolute atomic E-state index is 0.679. The van der Waals surface area contributed by atoms with Crippen LogP contribution in [0.1, 0.15) is 25.1 Å². The molecule has 0 unspecified atom stereocenters. The van der Waals surface area contributed by atoms with Crippen LogP contribution in [0, 0.1) is 12.8 Å². The second-order valence-electron chi connectivity index (χ2n) is 3.52. The lowest BCUT2D eigenvalue weighted by atomic mass is 10.1. The maximum Gasteiger partial charge on any atom is 0.0416 e. The van der Waals surface area contributed by atoms with Crippen molar-refractivity contribution in [3.05, 3.63) is 28.0 Å². The molecule has 0 saturated heterocycles. The highest BCUT2D eigenvalue weighted by molar-refractivity contribution is 9.10. The van der Waals surface area contributed by atoms with Crippen LogP contribution >= 0.6 is 15.9 Å². The zero-order valence-electron chi connectivity index (χ0n) is 7.76. The third-order valence-corrected chi connectivity index (χ3v) is 2.55. The Kier molecular flexibility index (Phi) is 3.27. The van der Waals surface area contributed by atoms with Crippen LogP contribution in [0.25, 0.3) is 0 Å². The summed E-state index contributed by atoms with van der Waals surface area (Å²) in [6.45, 7) is 6.51. The number of pyridine rings is 1. The van der Waals surface area contributed by atoms with Crippen molar-refractivity contribution in [3.8, 4) is 0 Å². The van der Waals surface area contributed by atoms with Gasteiger partial charge in [-0.05, 0) is 46.8 Å². The third-order valence-electron chi connectivity index (χ3n) is 1.72. The smallest absolute Gasteiger partial charge is 0.0416 e. The minimum Gasteiger partial charge on any atom is -0.260 e. The normalized spacial score (nSPS) is 10.8. The van der Waals surface area contributed by atoms with E-state index in [2.05, 4.69) is 47.8 Å². The molecule has 1 aromatic heterocycles. The molecule has 1 rings (SSSR count). The third kappa shape index (κ3) is 2.59. The van der Waals surface area contributed by atoms with E-state index in [1.165, 1.54) is 11.3 Å². The van der Waals surface area contributed by atoms with Crippen molar-refractivity contribution in [2.75, 3.05) is 0 Å². The summed E-state index contributed by atoms with van der Waals surface area (Å²) in [6, 6.07) is 2.14. The topological polar surface area (TPSA) is 12.9 Å².